The summed E-state index contributed by atoms with van der Waals surface area (Å²) in [4.78, 5) is 10.9. The Bertz CT molecular complexity index is 1070. The first kappa shape index (κ1) is 16.0. The molecule has 4 nitrogen and oxygen atoms in total. The van der Waals surface area contributed by atoms with Crippen molar-refractivity contribution < 1.29 is 9.31 Å². The van der Waals surface area contributed by atoms with Gasteiger partial charge >= 0.3 is 0 Å². The lowest BCUT2D eigenvalue weighted by molar-refractivity contribution is -0.384. The smallest absolute Gasteiger partial charge is 0.269 e. The van der Waals surface area contributed by atoms with Crippen molar-refractivity contribution in [1.82, 2.24) is 0 Å². The van der Waals surface area contributed by atoms with E-state index in [1.807, 2.05) is 24.3 Å². The normalized spacial score (nSPS) is 22.3. The van der Waals surface area contributed by atoms with Crippen LogP contribution in [0.4, 0.5) is 15.8 Å². The Labute approximate surface area is 155 Å². The number of anilines is 1. The van der Waals surface area contributed by atoms with E-state index in [-0.39, 0.29) is 34.3 Å². The minimum absolute atomic E-state index is 0.0157. The number of nitrogens with zero attached hydrogens (tertiary/aromatic N) is 1. The van der Waals surface area contributed by atoms with E-state index in [1.54, 1.807) is 18.2 Å². The molecule has 1 N–H and O–H groups in total. The molecule has 0 saturated heterocycles. The van der Waals surface area contributed by atoms with Crippen LogP contribution in [0.5, 0.6) is 0 Å². The maximum Gasteiger partial charge on any atom is 0.269 e. The van der Waals surface area contributed by atoms with Crippen LogP contribution < -0.4 is 5.32 Å². The lowest BCUT2D eigenvalue weighted by Gasteiger charge is -2.38. The molecule has 1 aliphatic heterocycles. The van der Waals surface area contributed by atoms with Crippen LogP contribution in [0, 0.1) is 21.8 Å². The highest BCUT2D eigenvalue weighted by Crippen LogP contribution is 2.54. The number of nitro benzene ring substituents is 1. The van der Waals surface area contributed by atoms with Gasteiger partial charge in [-0.1, -0.05) is 42.5 Å². The topological polar surface area (TPSA) is 55.2 Å². The molecule has 0 spiro atoms. The predicted molar refractivity (Wildman–Crippen MR) is 101 cm³/mol. The number of fused-ring (bicyclic) bond motifs is 5. The minimum Gasteiger partial charge on any atom is -0.378 e. The zero-order chi connectivity index (χ0) is 18.5. The van der Waals surface area contributed by atoms with Crippen LogP contribution in [0.3, 0.4) is 0 Å². The van der Waals surface area contributed by atoms with E-state index in [0.29, 0.717) is 5.56 Å². The minimum atomic E-state index is -0.362. The lowest BCUT2D eigenvalue weighted by atomic mass is 9.75. The van der Waals surface area contributed by atoms with Crippen molar-refractivity contribution in [3.63, 3.8) is 0 Å². The number of rotatable bonds is 2. The average Bonchev–Trinajstić information content (AvgIpc) is 3.07. The van der Waals surface area contributed by atoms with Crippen LogP contribution >= 0.6 is 0 Å². The molecule has 0 bridgehead atoms. The first-order chi connectivity index (χ1) is 13.1. The highest BCUT2D eigenvalue weighted by Gasteiger charge is 2.44. The fraction of sp³-hybridized carbons (Fsp3) is 0.182. The van der Waals surface area contributed by atoms with Crippen molar-refractivity contribution in [1.29, 1.82) is 0 Å². The number of hydrogen-bond donors (Lipinski definition) is 1. The molecule has 27 heavy (non-hydrogen) atoms. The van der Waals surface area contributed by atoms with Gasteiger partial charge in [0.05, 0.1) is 11.0 Å². The summed E-state index contributed by atoms with van der Waals surface area (Å²) in [7, 11) is 0. The van der Waals surface area contributed by atoms with Crippen molar-refractivity contribution in [2.24, 2.45) is 5.92 Å². The Morgan fingerprint density at radius 3 is 2.48 bits per heavy atom. The Kier molecular flexibility index (Phi) is 3.50. The van der Waals surface area contributed by atoms with E-state index in [4.69, 9.17) is 0 Å². The van der Waals surface area contributed by atoms with Gasteiger partial charge in [0.2, 0.25) is 0 Å². The van der Waals surface area contributed by atoms with E-state index < -0.39 is 0 Å². The fourth-order valence-electron chi connectivity index (χ4n) is 4.70. The zero-order valence-electron chi connectivity index (χ0n) is 14.4. The molecule has 5 heteroatoms. The molecule has 3 atom stereocenters. The van der Waals surface area contributed by atoms with Crippen LogP contribution in [0.25, 0.3) is 0 Å². The third kappa shape index (κ3) is 2.42. The number of non-ortho nitro benzene ring substituents is 1. The van der Waals surface area contributed by atoms with Crippen LogP contribution in [-0.2, 0) is 6.42 Å². The van der Waals surface area contributed by atoms with E-state index in [0.717, 1.165) is 17.7 Å². The number of nitrogens with one attached hydrogen (secondary N) is 1. The molecule has 134 valence electrons. The second-order valence-corrected chi connectivity index (χ2v) is 7.22. The van der Waals surface area contributed by atoms with Gasteiger partial charge in [-0.25, -0.2) is 4.39 Å². The number of halogens is 1. The molecule has 0 aromatic heterocycles. The maximum atomic E-state index is 14.6. The molecule has 0 amide bonds. The molecule has 1 heterocycles. The van der Waals surface area contributed by atoms with E-state index >= 15 is 0 Å². The largest absolute Gasteiger partial charge is 0.378 e. The van der Waals surface area contributed by atoms with Gasteiger partial charge in [-0.3, -0.25) is 10.1 Å². The number of nitro groups is 1. The summed E-state index contributed by atoms with van der Waals surface area (Å²) < 4.78 is 14.6. The van der Waals surface area contributed by atoms with Gasteiger partial charge in [0.25, 0.3) is 5.69 Å². The van der Waals surface area contributed by atoms with Gasteiger partial charge in [0.1, 0.15) is 5.82 Å². The van der Waals surface area contributed by atoms with Crippen molar-refractivity contribution in [3.05, 3.63) is 105 Å². The second-order valence-electron chi connectivity index (χ2n) is 7.22. The van der Waals surface area contributed by atoms with Crippen LogP contribution in [-0.4, -0.2) is 4.92 Å². The lowest BCUT2D eigenvalue weighted by Crippen LogP contribution is -2.31. The Morgan fingerprint density at radius 1 is 0.963 bits per heavy atom. The van der Waals surface area contributed by atoms with Gasteiger partial charge < -0.3 is 5.32 Å². The zero-order valence-corrected chi connectivity index (χ0v) is 14.4. The van der Waals surface area contributed by atoms with Crippen LogP contribution in [0.1, 0.15) is 34.2 Å². The van der Waals surface area contributed by atoms with Gasteiger partial charge in [0, 0.05) is 29.3 Å². The summed E-state index contributed by atoms with van der Waals surface area (Å²) in [5, 5.41) is 14.8. The number of benzene rings is 3. The summed E-state index contributed by atoms with van der Waals surface area (Å²) in [6, 6.07) is 19.8. The summed E-state index contributed by atoms with van der Waals surface area (Å²) in [5.74, 6) is -0.106. The van der Waals surface area contributed by atoms with Crippen molar-refractivity contribution in [2.45, 2.75) is 18.4 Å². The third-order valence-corrected chi connectivity index (χ3v) is 5.83. The van der Waals surface area contributed by atoms with E-state index in [1.165, 1.54) is 23.3 Å². The van der Waals surface area contributed by atoms with E-state index in [2.05, 4.69) is 17.4 Å². The third-order valence-electron chi connectivity index (χ3n) is 5.83. The molecule has 0 saturated carbocycles. The Balaban J connectivity index is 1.71. The molecule has 1 aliphatic carbocycles. The second kappa shape index (κ2) is 5.91. The molecule has 3 aromatic rings. The monoisotopic (exact) mass is 360 g/mol. The fourth-order valence-corrected chi connectivity index (χ4v) is 4.70. The molecular formula is C22H17FN2O2. The molecule has 0 radical (unpaired) electrons. The standard InChI is InChI=1S/C22H17FN2O2/c23-19-8-4-3-7-16(19)22-18-11-13-5-1-2-6-15(13)21(18)17-12-14(25(26)27)9-10-20(17)24-22/h1-10,12,18,21-22,24H,11H2/t18-,21-,22-/m0/s1. The van der Waals surface area contributed by atoms with Crippen molar-refractivity contribution >= 4 is 11.4 Å². The van der Waals surface area contributed by atoms with E-state index in [9.17, 15) is 14.5 Å². The average molecular weight is 360 g/mol. The summed E-state index contributed by atoms with van der Waals surface area (Å²) in [5.41, 5.74) is 4.91. The van der Waals surface area contributed by atoms with Gasteiger partial charge in [-0.05, 0) is 41.2 Å². The Hall–Kier alpha value is -3.21. The highest BCUT2D eigenvalue weighted by molar-refractivity contribution is 5.65. The molecule has 2 aliphatic rings. The van der Waals surface area contributed by atoms with Gasteiger partial charge in [0.15, 0.2) is 0 Å². The van der Waals surface area contributed by atoms with Crippen LogP contribution in [0.2, 0.25) is 0 Å². The number of hydrogen-bond acceptors (Lipinski definition) is 3. The molecular weight excluding hydrogens is 343 g/mol. The van der Waals surface area contributed by atoms with Crippen LogP contribution in [0.15, 0.2) is 66.7 Å². The summed E-state index contributed by atoms with van der Waals surface area (Å²) >= 11 is 0. The SMILES string of the molecule is O=[N+]([O-])c1ccc2c(c1)[C@@H]1c3ccccc3C[C@@H]1[C@H](c1ccccc1F)N2. The van der Waals surface area contributed by atoms with Crippen molar-refractivity contribution in [2.75, 3.05) is 5.32 Å². The molecule has 5 rings (SSSR count). The Morgan fingerprint density at radius 2 is 1.70 bits per heavy atom. The summed E-state index contributed by atoms with van der Waals surface area (Å²) in [6.07, 6.45) is 0.814. The first-order valence-corrected chi connectivity index (χ1v) is 9.00. The predicted octanol–water partition coefficient (Wildman–Crippen LogP) is 5.20. The van der Waals surface area contributed by atoms with Gasteiger partial charge in [-0.15, -0.1) is 0 Å². The first-order valence-electron chi connectivity index (χ1n) is 9.00. The quantitative estimate of drug-likeness (QED) is 0.504. The molecule has 0 fully saturated rings. The summed E-state index contributed by atoms with van der Waals surface area (Å²) in [6.45, 7) is 0. The molecule has 0 unspecified atom stereocenters. The highest BCUT2D eigenvalue weighted by atomic mass is 19.1. The van der Waals surface area contributed by atoms with Gasteiger partial charge in [-0.2, -0.15) is 0 Å². The maximum absolute atomic E-state index is 14.6. The van der Waals surface area contributed by atoms with Crippen molar-refractivity contribution in [3.8, 4) is 0 Å². The molecule has 3 aromatic carbocycles.